The summed E-state index contributed by atoms with van der Waals surface area (Å²) in [5.41, 5.74) is 2.77. The number of rotatable bonds is 5. The standard InChI is InChI=1S/C22H25N5O3/c1-3-25-11-12-27(22(25)30)19-9-8-17(14-23-19)24-21(29)16-7-6-15(2)18(13-16)26-10-4-5-20(26)28/h6-9,13-14H,3-5,10-12H2,1-2H3,(H,24,29). The summed E-state index contributed by atoms with van der Waals surface area (Å²) in [6.45, 7) is 6.53. The average molecular weight is 407 g/mol. The molecular formula is C22H25N5O3. The Labute approximate surface area is 175 Å². The van der Waals surface area contributed by atoms with E-state index >= 15 is 0 Å². The Hall–Kier alpha value is -3.42. The number of aromatic nitrogens is 1. The highest BCUT2D eigenvalue weighted by molar-refractivity contribution is 6.06. The molecule has 2 saturated heterocycles. The van der Waals surface area contributed by atoms with E-state index in [1.807, 2.05) is 19.9 Å². The second kappa shape index (κ2) is 8.14. The van der Waals surface area contributed by atoms with Crippen molar-refractivity contribution in [1.82, 2.24) is 9.88 Å². The number of pyridine rings is 1. The van der Waals surface area contributed by atoms with Gasteiger partial charge in [-0.25, -0.2) is 9.78 Å². The van der Waals surface area contributed by atoms with E-state index in [0.29, 0.717) is 49.7 Å². The molecule has 0 saturated carbocycles. The largest absolute Gasteiger partial charge is 0.325 e. The van der Waals surface area contributed by atoms with Crippen LogP contribution in [-0.4, -0.2) is 53.9 Å². The van der Waals surface area contributed by atoms with Gasteiger partial charge in [0.1, 0.15) is 5.82 Å². The zero-order valence-electron chi connectivity index (χ0n) is 17.2. The SMILES string of the molecule is CCN1CCN(c2ccc(NC(=O)c3ccc(C)c(N4CCCC4=O)c3)cn2)C1=O. The minimum Gasteiger partial charge on any atom is -0.323 e. The van der Waals surface area contributed by atoms with Crippen LogP contribution in [0.2, 0.25) is 0 Å². The van der Waals surface area contributed by atoms with Crippen molar-refractivity contribution >= 4 is 35.0 Å². The molecule has 1 aromatic carbocycles. The second-order valence-corrected chi connectivity index (χ2v) is 7.52. The number of aryl methyl sites for hydroxylation is 1. The first-order chi connectivity index (χ1) is 14.5. The molecule has 0 unspecified atom stereocenters. The first-order valence-electron chi connectivity index (χ1n) is 10.2. The van der Waals surface area contributed by atoms with Crippen LogP contribution in [0, 0.1) is 6.92 Å². The molecule has 8 nitrogen and oxygen atoms in total. The number of likely N-dealkylation sites (N-methyl/N-ethyl adjacent to an activating group) is 1. The number of hydrogen-bond donors (Lipinski definition) is 1. The van der Waals surface area contributed by atoms with Crippen molar-refractivity contribution in [3.63, 3.8) is 0 Å². The van der Waals surface area contributed by atoms with Gasteiger partial charge in [0.15, 0.2) is 0 Å². The van der Waals surface area contributed by atoms with E-state index in [-0.39, 0.29) is 17.8 Å². The van der Waals surface area contributed by atoms with Crippen LogP contribution >= 0.6 is 0 Å². The van der Waals surface area contributed by atoms with Crippen molar-refractivity contribution in [2.24, 2.45) is 0 Å². The third kappa shape index (κ3) is 3.72. The van der Waals surface area contributed by atoms with Crippen LogP contribution in [-0.2, 0) is 4.79 Å². The summed E-state index contributed by atoms with van der Waals surface area (Å²) in [7, 11) is 0. The van der Waals surface area contributed by atoms with Gasteiger partial charge in [0.25, 0.3) is 5.91 Å². The lowest BCUT2D eigenvalue weighted by atomic mass is 10.1. The first-order valence-corrected chi connectivity index (χ1v) is 10.2. The fraction of sp³-hybridized carbons (Fsp3) is 0.364. The summed E-state index contributed by atoms with van der Waals surface area (Å²) < 4.78 is 0. The van der Waals surface area contributed by atoms with Gasteiger partial charge in [-0.05, 0) is 50.1 Å². The number of amides is 4. The third-order valence-corrected chi connectivity index (χ3v) is 5.59. The molecule has 30 heavy (non-hydrogen) atoms. The Morgan fingerprint density at radius 1 is 1.10 bits per heavy atom. The minimum atomic E-state index is -0.271. The lowest BCUT2D eigenvalue weighted by Crippen LogP contribution is -2.32. The average Bonchev–Trinajstić information content (AvgIpc) is 3.34. The molecule has 0 bridgehead atoms. The van der Waals surface area contributed by atoms with Crippen molar-refractivity contribution < 1.29 is 14.4 Å². The van der Waals surface area contributed by atoms with Gasteiger partial charge in [0.2, 0.25) is 5.91 Å². The first kappa shape index (κ1) is 19.9. The fourth-order valence-corrected chi connectivity index (χ4v) is 3.86. The maximum atomic E-state index is 12.7. The zero-order chi connectivity index (χ0) is 21.3. The Morgan fingerprint density at radius 2 is 1.93 bits per heavy atom. The summed E-state index contributed by atoms with van der Waals surface area (Å²) in [4.78, 5) is 46.6. The third-order valence-electron chi connectivity index (χ3n) is 5.59. The van der Waals surface area contributed by atoms with Crippen molar-refractivity contribution in [2.75, 3.05) is 41.3 Å². The summed E-state index contributed by atoms with van der Waals surface area (Å²) in [6, 6.07) is 8.79. The number of carbonyl (C=O) groups excluding carboxylic acids is 3. The van der Waals surface area contributed by atoms with E-state index in [0.717, 1.165) is 17.7 Å². The number of benzene rings is 1. The Morgan fingerprint density at radius 3 is 2.57 bits per heavy atom. The normalized spacial score (nSPS) is 16.5. The number of anilines is 3. The highest BCUT2D eigenvalue weighted by atomic mass is 16.2. The summed E-state index contributed by atoms with van der Waals surface area (Å²) in [5.74, 6) is 0.388. The lowest BCUT2D eigenvalue weighted by Gasteiger charge is -2.19. The summed E-state index contributed by atoms with van der Waals surface area (Å²) in [6.07, 6.45) is 2.93. The fourth-order valence-electron chi connectivity index (χ4n) is 3.86. The van der Waals surface area contributed by atoms with E-state index in [1.165, 1.54) is 0 Å². The molecule has 1 N–H and O–H groups in total. The molecule has 2 aliphatic rings. The van der Waals surface area contributed by atoms with E-state index in [1.54, 1.807) is 45.2 Å². The van der Waals surface area contributed by atoms with Gasteiger partial charge in [-0.2, -0.15) is 0 Å². The van der Waals surface area contributed by atoms with Crippen LogP contribution in [0.25, 0.3) is 0 Å². The number of carbonyl (C=O) groups is 3. The van der Waals surface area contributed by atoms with Crippen molar-refractivity contribution in [1.29, 1.82) is 0 Å². The Balaban J connectivity index is 1.47. The van der Waals surface area contributed by atoms with Crippen LogP contribution in [0.5, 0.6) is 0 Å². The molecular weight excluding hydrogens is 382 g/mol. The minimum absolute atomic E-state index is 0.0505. The maximum absolute atomic E-state index is 12.7. The highest BCUT2D eigenvalue weighted by Crippen LogP contribution is 2.27. The van der Waals surface area contributed by atoms with Crippen LogP contribution in [0.15, 0.2) is 36.5 Å². The zero-order valence-corrected chi connectivity index (χ0v) is 17.2. The van der Waals surface area contributed by atoms with Crippen LogP contribution in [0.3, 0.4) is 0 Å². The maximum Gasteiger partial charge on any atom is 0.325 e. The lowest BCUT2D eigenvalue weighted by molar-refractivity contribution is -0.117. The van der Waals surface area contributed by atoms with Crippen molar-refractivity contribution in [3.05, 3.63) is 47.7 Å². The van der Waals surface area contributed by atoms with Gasteiger partial charge in [-0.1, -0.05) is 6.07 Å². The molecule has 0 atom stereocenters. The molecule has 0 spiro atoms. The molecule has 0 aliphatic carbocycles. The predicted octanol–water partition coefficient (Wildman–Crippen LogP) is 3.03. The van der Waals surface area contributed by atoms with Gasteiger partial charge in [0.05, 0.1) is 11.9 Å². The molecule has 3 heterocycles. The molecule has 2 aromatic rings. The molecule has 0 radical (unpaired) electrons. The predicted molar refractivity (Wildman–Crippen MR) is 115 cm³/mol. The molecule has 2 aliphatic heterocycles. The number of hydrogen-bond acceptors (Lipinski definition) is 4. The molecule has 8 heteroatoms. The molecule has 4 rings (SSSR count). The van der Waals surface area contributed by atoms with E-state index in [9.17, 15) is 14.4 Å². The molecule has 1 aromatic heterocycles. The molecule has 4 amide bonds. The summed E-state index contributed by atoms with van der Waals surface area (Å²) >= 11 is 0. The van der Waals surface area contributed by atoms with Gasteiger partial charge >= 0.3 is 6.03 Å². The van der Waals surface area contributed by atoms with Crippen LogP contribution in [0.4, 0.5) is 22.0 Å². The van der Waals surface area contributed by atoms with E-state index in [4.69, 9.17) is 0 Å². The van der Waals surface area contributed by atoms with Gasteiger partial charge in [0, 0.05) is 43.9 Å². The second-order valence-electron chi connectivity index (χ2n) is 7.52. The van der Waals surface area contributed by atoms with Gasteiger partial charge in [-0.3, -0.25) is 14.5 Å². The van der Waals surface area contributed by atoms with Crippen molar-refractivity contribution in [2.45, 2.75) is 26.7 Å². The number of nitrogens with zero attached hydrogens (tertiary/aromatic N) is 4. The van der Waals surface area contributed by atoms with E-state index in [2.05, 4.69) is 10.3 Å². The quantitative estimate of drug-likeness (QED) is 0.826. The van der Waals surface area contributed by atoms with Crippen LogP contribution < -0.4 is 15.1 Å². The monoisotopic (exact) mass is 407 g/mol. The number of nitrogens with one attached hydrogen (secondary N) is 1. The topological polar surface area (TPSA) is 85.8 Å². The smallest absolute Gasteiger partial charge is 0.323 e. The van der Waals surface area contributed by atoms with Crippen LogP contribution in [0.1, 0.15) is 35.7 Å². The molecule has 156 valence electrons. The van der Waals surface area contributed by atoms with Gasteiger partial charge in [-0.15, -0.1) is 0 Å². The number of urea groups is 1. The highest BCUT2D eigenvalue weighted by Gasteiger charge is 2.29. The molecule has 2 fully saturated rings. The van der Waals surface area contributed by atoms with E-state index < -0.39 is 0 Å². The van der Waals surface area contributed by atoms with Gasteiger partial charge < -0.3 is 15.1 Å². The Bertz CT molecular complexity index is 989. The summed E-state index contributed by atoms with van der Waals surface area (Å²) in [5, 5.41) is 2.84. The van der Waals surface area contributed by atoms with Crippen molar-refractivity contribution in [3.8, 4) is 0 Å². The Kier molecular flexibility index (Phi) is 5.39.